The number of hydrogen-bond donors (Lipinski definition) is 1. The predicted octanol–water partition coefficient (Wildman–Crippen LogP) is 3.28. The summed E-state index contributed by atoms with van der Waals surface area (Å²) in [5.74, 6) is 0.900. The lowest BCUT2D eigenvalue weighted by molar-refractivity contribution is 0.107. The van der Waals surface area contributed by atoms with E-state index in [1.54, 1.807) is 0 Å². The Labute approximate surface area is 102 Å². The molecule has 94 valence electrons. The average Bonchev–Trinajstić information content (AvgIpc) is 2.28. The van der Waals surface area contributed by atoms with E-state index in [-0.39, 0.29) is 18.0 Å². The molecule has 0 bridgehead atoms. The normalized spacial score (nSPS) is 23.4. The molecule has 17 heavy (non-hydrogen) atoms. The third-order valence-electron chi connectivity index (χ3n) is 3.29. The van der Waals surface area contributed by atoms with E-state index in [0.29, 0.717) is 11.7 Å². The van der Waals surface area contributed by atoms with E-state index in [4.69, 9.17) is 4.74 Å². The summed E-state index contributed by atoms with van der Waals surface area (Å²) in [6, 6.07) is 5.10. The molecule has 1 heterocycles. The van der Waals surface area contributed by atoms with Crippen molar-refractivity contribution in [1.29, 1.82) is 0 Å². The average molecular weight is 237 g/mol. The molecule has 1 aliphatic rings. The van der Waals surface area contributed by atoms with Gasteiger partial charge in [-0.25, -0.2) is 4.39 Å². The van der Waals surface area contributed by atoms with Crippen molar-refractivity contribution in [3.05, 3.63) is 29.6 Å². The van der Waals surface area contributed by atoms with Crippen LogP contribution in [0.25, 0.3) is 0 Å². The molecule has 2 nitrogen and oxygen atoms in total. The van der Waals surface area contributed by atoms with Crippen LogP contribution < -0.4 is 10.1 Å². The van der Waals surface area contributed by atoms with Crippen LogP contribution >= 0.6 is 0 Å². The number of nitrogens with one attached hydrogen (secondary N) is 1. The zero-order valence-electron chi connectivity index (χ0n) is 10.7. The van der Waals surface area contributed by atoms with E-state index in [1.807, 2.05) is 6.07 Å². The lowest BCUT2D eigenvalue weighted by atomic mass is 9.91. The van der Waals surface area contributed by atoms with Crippen molar-refractivity contribution in [3.8, 4) is 5.75 Å². The van der Waals surface area contributed by atoms with Crippen LogP contribution in [0.1, 0.15) is 38.8 Å². The van der Waals surface area contributed by atoms with Crippen LogP contribution in [0.5, 0.6) is 5.75 Å². The standard InChI is InChI=1S/C14H20FNO/c1-4-16-12-8-13(9(2)3)17-14-7-10(15)5-6-11(12)14/h5-7,9,12-13,16H,4,8H2,1-3H3. The Morgan fingerprint density at radius 1 is 1.47 bits per heavy atom. The molecule has 0 radical (unpaired) electrons. The van der Waals surface area contributed by atoms with Gasteiger partial charge in [0.05, 0.1) is 0 Å². The van der Waals surface area contributed by atoms with Gasteiger partial charge in [-0.2, -0.15) is 0 Å². The summed E-state index contributed by atoms with van der Waals surface area (Å²) in [6.07, 6.45) is 1.11. The molecule has 1 aromatic carbocycles. The highest BCUT2D eigenvalue weighted by Gasteiger charge is 2.29. The maximum atomic E-state index is 13.2. The molecule has 1 aromatic rings. The van der Waals surface area contributed by atoms with E-state index in [2.05, 4.69) is 26.1 Å². The smallest absolute Gasteiger partial charge is 0.127 e. The van der Waals surface area contributed by atoms with Gasteiger partial charge in [0.15, 0.2) is 0 Å². The van der Waals surface area contributed by atoms with Gasteiger partial charge in [-0.05, 0) is 18.5 Å². The fraction of sp³-hybridized carbons (Fsp3) is 0.571. The first-order chi connectivity index (χ1) is 8.11. The molecule has 0 amide bonds. The van der Waals surface area contributed by atoms with Crippen molar-refractivity contribution in [1.82, 2.24) is 5.32 Å². The molecular weight excluding hydrogens is 217 g/mol. The molecule has 2 rings (SSSR count). The largest absolute Gasteiger partial charge is 0.490 e. The second-order valence-electron chi connectivity index (χ2n) is 4.93. The van der Waals surface area contributed by atoms with Crippen molar-refractivity contribution in [2.75, 3.05) is 6.54 Å². The summed E-state index contributed by atoms with van der Waals surface area (Å²) in [7, 11) is 0. The SMILES string of the molecule is CCNC1CC(C(C)C)Oc2cc(F)ccc21. The van der Waals surface area contributed by atoms with Crippen molar-refractivity contribution >= 4 is 0 Å². The van der Waals surface area contributed by atoms with Crippen molar-refractivity contribution in [3.63, 3.8) is 0 Å². The van der Waals surface area contributed by atoms with Crippen LogP contribution in [0.4, 0.5) is 4.39 Å². The highest BCUT2D eigenvalue weighted by atomic mass is 19.1. The second-order valence-corrected chi connectivity index (χ2v) is 4.93. The molecule has 0 aliphatic carbocycles. The quantitative estimate of drug-likeness (QED) is 0.871. The third-order valence-corrected chi connectivity index (χ3v) is 3.29. The number of rotatable bonds is 3. The third kappa shape index (κ3) is 2.60. The highest BCUT2D eigenvalue weighted by molar-refractivity contribution is 5.38. The van der Waals surface area contributed by atoms with Crippen LogP contribution in [0.2, 0.25) is 0 Å². The van der Waals surface area contributed by atoms with Gasteiger partial charge >= 0.3 is 0 Å². The van der Waals surface area contributed by atoms with Crippen LogP contribution in [0.3, 0.4) is 0 Å². The summed E-state index contributed by atoms with van der Waals surface area (Å²) in [4.78, 5) is 0. The molecular formula is C14H20FNO. The maximum Gasteiger partial charge on any atom is 0.127 e. The Bertz CT molecular complexity index is 392. The van der Waals surface area contributed by atoms with Gasteiger partial charge in [0.1, 0.15) is 17.7 Å². The molecule has 3 heteroatoms. The van der Waals surface area contributed by atoms with E-state index in [9.17, 15) is 4.39 Å². The van der Waals surface area contributed by atoms with E-state index in [1.165, 1.54) is 12.1 Å². The second kappa shape index (κ2) is 5.05. The van der Waals surface area contributed by atoms with Gasteiger partial charge in [-0.3, -0.25) is 0 Å². The minimum atomic E-state index is -0.233. The monoisotopic (exact) mass is 237 g/mol. The lowest BCUT2D eigenvalue weighted by Gasteiger charge is -2.34. The van der Waals surface area contributed by atoms with Crippen LogP contribution in [-0.4, -0.2) is 12.6 Å². The Morgan fingerprint density at radius 2 is 2.24 bits per heavy atom. The summed E-state index contributed by atoms with van der Waals surface area (Å²) in [5, 5.41) is 3.44. The van der Waals surface area contributed by atoms with Crippen molar-refractivity contribution < 1.29 is 9.13 Å². The van der Waals surface area contributed by atoms with Crippen molar-refractivity contribution in [2.24, 2.45) is 5.92 Å². The summed E-state index contributed by atoms with van der Waals surface area (Å²) < 4.78 is 19.1. The van der Waals surface area contributed by atoms with E-state index < -0.39 is 0 Å². The number of fused-ring (bicyclic) bond motifs is 1. The minimum absolute atomic E-state index is 0.161. The molecule has 0 spiro atoms. The maximum absolute atomic E-state index is 13.2. The summed E-state index contributed by atoms with van der Waals surface area (Å²) in [6.45, 7) is 7.27. The summed E-state index contributed by atoms with van der Waals surface area (Å²) >= 11 is 0. The molecule has 2 unspecified atom stereocenters. The van der Waals surface area contributed by atoms with Gasteiger partial charge in [0.2, 0.25) is 0 Å². The van der Waals surface area contributed by atoms with Gasteiger partial charge in [-0.1, -0.05) is 26.8 Å². The first-order valence-electron chi connectivity index (χ1n) is 6.31. The number of ether oxygens (including phenoxy) is 1. The Hall–Kier alpha value is -1.09. The Kier molecular flexibility index (Phi) is 3.67. The van der Waals surface area contributed by atoms with Gasteiger partial charge in [-0.15, -0.1) is 0 Å². The Balaban J connectivity index is 2.31. The molecule has 1 N–H and O–H groups in total. The van der Waals surface area contributed by atoms with Crippen LogP contribution in [0.15, 0.2) is 18.2 Å². The fourth-order valence-corrected chi connectivity index (χ4v) is 2.32. The Morgan fingerprint density at radius 3 is 2.88 bits per heavy atom. The van der Waals surface area contributed by atoms with Gasteiger partial charge in [0.25, 0.3) is 0 Å². The summed E-state index contributed by atoms with van der Waals surface area (Å²) in [5.41, 5.74) is 1.07. The molecule has 0 saturated heterocycles. The number of hydrogen-bond acceptors (Lipinski definition) is 2. The molecule has 0 fully saturated rings. The van der Waals surface area contributed by atoms with Crippen molar-refractivity contribution in [2.45, 2.75) is 39.3 Å². The topological polar surface area (TPSA) is 21.3 Å². The predicted molar refractivity (Wildman–Crippen MR) is 66.7 cm³/mol. The first-order valence-corrected chi connectivity index (χ1v) is 6.31. The number of benzene rings is 1. The molecule has 2 atom stereocenters. The van der Waals surface area contributed by atoms with Crippen LogP contribution in [0, 0.1) is 11.7 Å². The minimum Gasteiger partial charge on any atom is -0.490 e. The molecule has 1 aliphatic heterocycles. The molecule has 0 aromatic heterocycles. The van der Waals surface area contributed by atoms with E-state index >= 15 is 0 Å². The first kappa shape index (κ1) is 12.4. The van der Waals surface area contributed by atoms with Gasteiger partial charge in [0, 0.05) is 24.1 Å². The van der Waals surface area contributed by atoms with Gasteiger partial charge < -0.3 is 10.1 Å². The highest BCUT2D eigenvalue weighted by Crippen LogP contribution is 2.37. The van der Waals surface area contributed by atoms with Crippen LogP contribution in [-0.2, 0) is 0 Å². The lowest BCUT2D eigenvalue weighted by Crippen LogP contribution is -2.35. The fourth-order valence-electron chi connectivity index (χ4n) is 2.32. The van der Waals surface area contributed by atoms with E-state index in [0.717, 1.165) is 18.5 Å². The molecule has 0 saturated carbocycles. The zero-order chi connectivity index (χ0) is 12.4. The zero-order valence-corrected chi connectivity index (χ0v) is 10.7. The number of halogens is 1.